The van der Waals surface area contributed by atoms with Crippen LogP contribution in [0.3, 0.4) is 0 Å². The molecule has 0 aliphatic heterocycles. The molecule has 2 aromatic rings. The molecule has 0 aromatic heterocycles. The molecule has 2 atom stereocenters. The van der Waals surface area contributed by atoms with E-state index in [-0.39, 0.29) is 4.90 Å². The van der Waals surface area contributed by atoms with Gasteiger partial charge in [0.1, 0.15) is 17.1 Å². The van der Waals surface area contributed by atoms with Gasteiger partial charge in [-0.05, 0) is 42.8 Å². The van der Waals surface area contributed by atoms with Crippen LogP contribution in [0.2, 0.25) is 0 Å². The standard InChI is InChI=1S/C22H23ClO5S/c1-16-4-11-20(12-5-16)29(25,26)22(14-15-23)21(28-17(2)24)13-8-18-6-9-19(27-3)10-7-18/h4-15,21-22H,1-3H3/b13-8+,15-14+/t21-,22-/m1/s1. The Morgan fingerprint density at radius 3 is 2.17 bits per heavy atom. The van der Waals surface area contributed by atoms with Gasteiger partial charge >= 0.3 is 5.97 Å². The SMILES string of the molecule is COc1ccc(/C=C/[C@@H](OC(C)=O)[C@@H](/C=C/Cl)S(=O)(=O)c2ccc(C)cc2)cc1. The first-order valence-corrected chi connectivity index (χ1v) is 10.8. The first-order chi connectivity index (χ1) is 13.8. The molecule has 154 valence electrons. The molecule has 0 aliphatic rings. The number of benzene rings is 2. The van der Waals surface area contributed by atoms with E-state index in [9.17, 15) is 13.2 Å². The Balaban J connectivity index is 2.42. The molecule has 0 fully saturated rings. The summed E-state index contributed by atoms with van der Waals surface area (Å²) in [6.07, 6.45) is 3.47. The highest BCUT2D eigenvalue weighted by Crippen LogP contribution is 2.24. The van der Waals surface area contributed by atoms with Crippen molar-refractivity contribution in [2.24, 2.45) is 0 Å². The van der Waals surface area contributed by atoms with Crippen molar-refractivity contribution in [2.45, 2.75) is 30.1 Å². The highest BCUT2D eigenvalue weighted by atomic mass is 35.5. The van der Waals surface area contributed by atoms with Crippen molar-refractivity contribution in [3.8, 4) is 5.75 Å². The number of esters is 1. The Morgan fingerprint density at radius 2 is 1.66 bits per heavy atom. The molecule has 2 rings (SSSR count). The van der Waals surface area contributed by atoms with Gasteiger partial charge in [0, 0.05) is 12.5 Å². The summed E-state index contributed by atoms with van der Waals surface area (Å²) in [6.45, 7) is 3.10. The lowest BCUT2D eigenvalue weighted by Crippen LogP contribution is -2.34. The normalized spacial score (nSPS) is 14.1. The predicted octanol–water partition coefficient (Wildman–Crippen LogP) is 4.54. The summed E-state index contributed by atoms with van der Waals surface area (Å²) in [5.74, 6) is 0.102. The summed E-state index contributed by atoms with van der Waals surface area (Å²) in [7, 11) is -2.29. The minimum Gasteiger partial charge on any atom is -0.497 e. The monoisotopic (exact) mass is 434 g/mol. The quantitative estimate of drug-likeness (QED) is 0.570. The molecule has 29 heavy (non-hydrogen) atoms. The fraction of sp³-hybridized carbons (Fsp3) is 0.227. The van der Waals surface area contributed by atoms with Crippen molar-refractivity contribution in [1.82, 2.24) is 0 Å². The molecule has 7 heteroatoms. The zero-order chi connectivity index (χ0) is 21.4. The van der Waals surface area contributed by atoms with Crippen LogP contribution in [0.25, 0.3) is 6.08 Å². The molecule has 0 saturated carbocycles. The molecule has 0 spiro atoms. The molecule has 0 heterocycles. The predicted molar refractivity (Wildman–Crippen MR) is 115 cm³/mol. The van der Waals surface area contributed by atoms with E-state index < -0.39 is 27.2 Å². The summed E-state index contributed by atoms with van der Waals surface area (Å²) in [4.78, 5) is 11.8. The van der Waals surface area contributed by atoms with Crippen molar-refractivity contribution < 1.29 is 22.7 Å². The number of hydrogen-bond donors (Lipinski definition) is 0. The number of ether oxygens (including phenoxy) is 2. The number of hydrogen-bond acceptors (Lipinski definition) is 5. The second kappa shape index (κ2) is 10.3. The van der Waals surface area contributed by atoms with Crippen LogP contribution in [-0.2, 0) is 19.4 Å². The van der Waals surface area contributed by atoms with E-state index >= 15 is 0 Å². The number of aryl methyl sites for hydroxylation is 1. The molecule has 0 radical (unpaired) electrons. The third kappa shape index (κ3) is 6.21. The van der Waals surface area contributed by atoms with E-state index in [1.54, 1.807) is 49.6 Å². The van der Waals surface area contributed by atoms with Gasteiger partial charge < -0.3 is 9.47 Å². The second-order valence-electron chi connectivity index (χ2n) is 6.35. The van der Waals surface area contributed by atoms with Gasteiger partial charge in [0.25, 0.3) is 0 Å². The highest BCUT2D eigenvalue weighted by Gasteiger charge is 2.33. The van der Waals surface area contributed by atoms with Crippen molar-refractivity contribution in [1.29, 1.82) is 0 Å². The van der Waals surface area contributed by atoms with E-state index in [1.807, 2.05) is 6.92 Å². The molecule has 0 aliphatic carbocycles. The van der Waals surface area contributed by atoms with Gasteiger partial charge in [-0.1, -0.05) is 53.6 Å². The van der Waals surface area contributed by atoms with Gasteiger partial charge in [0.2, 0.25) is 0 Å². The van der Waals surface area contributed by atoms with Gasteiger partial charge in [0.15, 0.2) is 9.84 Å². The van der Waals surface area contributed by atoms with E-state index in [0.29, 0.717) is 5.75 Å². The van der Waals surface area contributed by atoms with Crippen molar-refractivity contribution in [3.05, 3.63) is 77.3 Å². The largest absolute Gasteiger partial charge is 0.497 e. The van der Waals surface area contributed by atoms with Crippen LogP contribution in [0.5, 0.6) is 5.75 Å². The maximum absolute atomic E-state index is 13.2. The summed E-state index contributed by atoms with van der Waals surface area (Å²) in [5, 5.41) is -1.18. The number of halogens is 1. The van der Waals surface area contributed by atoms with Crippen molar-refractivity contribution in [2.75, 3.05) is 7.11 Å². The van der Waals surface area contributed by atoms with Gasteiger partial charge in [-0.15, -0.1) is 0 Å². The lowest BCUT2D eigenvalue weighted by Gasteiger charge is -2.22. The molecule has 2 aromatic carbocycles. The molecule has 0 bridgehead atoms. The van der Waals surface area contributed by atoms with Crippen molar-refractivity contribution in [3.63, 3.8) is 0 Å². The lowest BCUT2D eigenvalue weighted by molar-refractivity contribution is -0.143. The number of methoxy groups -OCH3 is 1. The molecular formula is C22H23ClO5S. The molecule has 0 N–H and O–H groups in total. The summed E-state index contributed by atoms with van der Waals surface area (Å²) in [6, 6.07) is 13.6. The first-order valence-electron chi connectivity index (χ1n) is 8.85. The average molecular weight is 435 g/mol. The van der Waals surface area contributed by atoms with Crippen LogP contribution in [0.15, 0.2) is 71.1 Å². The van der Waals surface area contributed by atoms with Crippen LogP contribution in [0.4, 0.5) is 0 Å². The maximum Gasteiger partial charge on any atom is 0.303 e. The summed E-state index contributed by atoms with van der Waals surface area (Å²) < 4.78 is 36.8. The highest BCUT2D eigenvalue weighted by molar-refractivity contribution is 7.92. The van der Waals surface area contributed by atoms with E-state index in [2.05, 4.69) is 0 Å². The van der Waals surface area contributed by atoms with Crippen LogP contribution in [-0.4, -0.2) is 32.9 Å². The topological polar surface area (TPSA) is 69.7 Å². The average Bonchev–Trinajstić information content (AvgIpc) is 2.70. The van der Waals surface area contributed by atoms with Crippen molar-refractivity contribution >= 4 is 33.5 Å². The van der Waals surface area contributed by atoms with Crippen LogP contribution in [0, 0.1) is 6.92 Å². The van der Waals surface area contributed by atoms with Gasteiger partial charge in [0.05, 0.1) is 12.0 Å². The zero-order valence-corrected chi connectivity index (χ0v) is 18.0. The molecule has 0 saturated heterocycles. The third-order valence-electron chi connectivity index (χ3n) is 4.19. The number of sulfone groups is 1. The van der Waals surface area contributed by atoms with Crippen LogP contribution in [0.1, 0.15) is 18.1 Å². The number of carbonyl (C=O) groups excluding carboxylic acids is 1. The van der Waals surface area contributed by atoms with Gasteiger partial charge in [-0.2, -0.15) is 0 Å². The van der Waals surface area contributed by atoms with Gasteiger partial charge in [-0.3, -0.25) is 4.79 Å². The maximum atomic E-state index is 13.2. The Morgan fingerprint density at radius 1 is 1.03 bits per heavy atom. The third-order valence-corrected chi connectivity index (χ3v) is 6.41. The lowest BCUT2D eigenvalue weighted by atomic mass is 10.1. The van der Waals surface area contributed by atoms with Crippen LogP contribution < -0.4 is 4.74 Å². The molecule has 0 amide bonds. The van der Waals surface area contributed by atoms with Gasteiger partial charge in [-0.25, -0.2) is 8.42 Å². The molecule has 0 unspecified atom stereocenters. The Hall–Kier alpha value is -2.57. The molecular weight excluding hydrogens is 412 g/mol. The van der Waals surface area contributed by atoms with E-state index in [4.69, 9.17) is 21.1 Å². The fourth-order valence-electron chi connectivity index (χ4n) is 2.67. The first kappa shape index (κ1) is 22.7. The van der Waals surface area contributed by atoms with E-state index in [1.165, 1.54) is 31.2 Å². The Labute approximate surface area is 176 Å². The zero-order valence-electron chi connectivity index (χ0n) is 16.4. The number of rotatable bonds is 8. The fourth-order valence-corrected chi connectivity index (χ4v) is 4.53. The summed E-state index contributed by atoms with van der Waals surface area (Å²) in [5.41, 5.74) is 2.85. The van der Waals surface area contributed by atoms with E-state index in [0.717, 1.165) is 16.7 Å². The Kier molecular flexibility index (Phi) is 8.05. The second-order valence-corrected chi connectivity index (χ2v) is 8.71. The Bertz CT molecular complexity index is 977. The minimum absolute atomic E-state index is 0.123. The molecule has 5 nitrogen and oxygen atoms in total. The number of carbonyl (C=O) groups is 1. The summed E-state index contributed by atoms with van der Waals surface area (Å²) >= 11 is 5.72. The smallest absolute Gasteiger partial charge is 0.303 e. The van der Waals surface area contributed by atoms with Crippen LogP contribution >= 0.6 is 11.6 Å². The minimum atomic E-state index is -3.86.